The molecule has 7 heteroatoms. The van der Waals surface area contributed by atoms with Gasteiger partial charge in [0, 0.05) is 24.7 Å². The van der Waals surface area contributed by atoms with E-state index >= 15 is 0 Å². The van der Waals surface area contributed by atoms with Gasteiger partial charge in [-0.25, -0.2) is 13.1 Å². The van der Waals surface area contributed by atoms with Gasteiger partial charge in [-0.2, -0.15) is 0 Å². The van der Waals surface area contributed by atoms with Crippen molar-refractivity contribution >= 4 is 21.6 Å². The van der Waals surface area contributed by atoms with Gasteiger partial charge in [-0.3, -0.25) is 4.79 Å². The minimum Gasteiger partial charge on any atom is -0.496 e. The van der Waals surface area contributed by atoms with Crippen molar-refractivity contribution in [2.45, 2.75) is 37.0 Å². The zero-order valence-electron chi connectivity index (χ0n) is 16.6. The number of hydrogen-bond acceptors (Lipinski definition) is 4. The van der Waals surface area contributed by atoms with Crippen molar-refractivity contribution in [3.05, 3.63) is 53.6 Å². The number of nitrogens with zero attached hydrogens (tertiary/aromatic N) is 1. The maximum atomic E-state index is 12.7. The van der Waals surface area contributed by atoms with Gasteiger partial charge in [0.1, 0.15) is 5.75 Å². The lowest BCUT2D eigenvalue weighted by molar-refractivity contribution is -0.119. The third kappa shape index (κ3) is 4.31. The lowest BCUT2D eigenvalue weighted by atomic mass is 10.1. The molecule has 1 amide bonds. The first-order chi connectivity index (χ1) is 14.0. The van der Waals surface area contributed by atoms with Crippen LogP contribution in [0.4, 0.5) is 5.69 Å². The van der Waals surface area contributed by atoms with Gasteiger partial charge in [0.05, 0.1) is 12.0 Å². The van der Waals surface area contributed by atoms with E-state index in [2.05, 4.69) is 4.72 Å². The second-order valence-electron chi connectivity index (χ2n) is 7.62. The summed E-state index contributed by atoms with van der Waals surface area (Å²) in [6.45, 7) is 0.990. The molecule has 1 aliphatic heterocycles. The molecule has 29 heavy (non-hydrogen) atoms. The van der Waals surface area contributed by atoms with Crippen molar-refractivity contribution in [2.24, 2.45) is 5.92 Å². The van der Waals surface area contributed by atoms with E-state index in [1.165, 1.54) is 0 Å². The number of nitrogens with one attached hydrogen (secondary N) is 1. The van der Waals surface area contributed by atoms with Gasteiger partial charge in [0.25, 0.3) is 0 Å². The Labute approximate surface area is 171 Å². The maximum Gasteiger partial charge on any atom is 0.240 e. The van der Waals surface area contributed by atoms with Crippen LogP contribution in [0.25, 0.3) is 0 Å². The Balaban J connectivity index is 1.37. The van der Waals surface area contributed by atoms with E-state index in [4.69, 9.17) is 4.74 Å². The standard InChI is InChI=1S/C22H26N2O4S/c1-28-21-7-3-2-5-16(21)6-4-13-23-29(26,27)19-10-11-20-18(15-19)12-14-24(20)22(25)17-8-9-17/h2-3,5,7,10-11,15,17,23H,4,6,8-9,12-14H2,1H3. The van der Waals surface area contributed by atoms with Crippen LogP contribution >= 0.6 is 0 Å². The number of hydrogen-bond donors (Lipinski definition) is 1. The highest BCUT2D eigenvalue weighted by Crippen LogP contribution is 2.37. The average molecular weight is 415 g/mol. The fourth-order valence-corrected chi connectivity index (χ4v) is 4.93. The molecule has 154 valence electrons. The fraction of sp³-hybridized carbons (Fsp3) is 0.409. The first-order valence-electron chi connectivity index (χ1n) is 10.1. The van der Waals surface area contributed by atoms with Crippen LogP contribution in [0.15, 0.2) is 47.4 Å². The van der Waals surface area contributed by atoms with Gasteiger partial charge in [0.2, 0.25) is 15.9 Å². The summed E-state index contributed by atoms with van der Waals surface area (Å²) in [5.74, 6) is 1.15. The van der Waals surface area contributed by atoms with Crippen LogP contribution in [-0.2, 0) is 27.7 Å². The van der Waals surface area contributed by atoms with Gasteiger partial charge in [-0.15, -0.1) is 0 Å². The van der Waals surface area contributed by atoms with Gasteiger partial charge in [0.15, 0.2) is 0 Å². The number of para-hydroxylation sites is 1. The third-order valence-electron chi connectivity index (χ3n) is 5.56. The molecule has 0 radical (unpaired) electrons. The monoisotopic (exact) mass is 414 g/mol. The molecule has 1 heterocycles. The molecule has 0 bridgehead atoms. The summed E-state index contributed by atoms with van der Waals surface area (Å²) >= 11 is 0. The van der Waals surface area contributed by atoms with E-state index in [0.717, 1.165) is 41.8 Å². The topological polar surface area (TPSA) is 75.7 Å². The zero-order chi connectivity index (χ0) is 20.4. The highest BCUT2D eigenvalue weighted by Gasteiger charge is 2.36. The second-order valence-corrected chi connectivity index (χ2v) is 9.38. The summed E-state index contributed by atoms with van der Waals surface area (Å²) in [5, 5.41) is 0. The van der Waals surface area contributed by atoms with Crippen molar-refractivity contribution in [1.82, 2.24) is 4.72 Å². The fourth-order valence-electron chi connectivity index (χ4n) is 3.80. The largest absolute Gasteiger partial charge is 0.496 e. The Kier molecular flexibility index (Phi) is 5.61. The Morgan fingerprint density at radius 2 is 2.00 bits per heavy atom. The second kappa shape index (κ2) is 8.16. The number of amides is 1. The van der Waals surface area contributed by atoms with E-state index < -0.39 is 10.0 Å². The predicted octanol–water partition coefficient (Wildman–Crippen LogP) is 2.91. The van der Waals surface area contributed by atoms with Gasteiger partial charge in [-0.1, -0.05) is 18.2 Å². The minimum absolute atomic E-state index is 0.161. The average Bonchev–Trinajstić information content (AvgIpc) is 3.50. The number of benzene rings is 2. The summed E-state index contributed by atoms with van der Waals surface area (Å²) in [7, 11) is -1.94. The van der Waals surface area contributed by atoms with Crippen LogP contribution in [0, 0.1) is 5.92 Å². The van der Waals surface area contributed by atoms with Crippen LogP contribution in [0.2, 0.25) is 0 Å². The quantitative estimate of drug-likeness (QED) is 0.674. The minimum atomic E-state index is -3.58. The van der Waals surface area contributed by atoms with Crippen molar-refractivity contribution < 1.29 is 17.9 Å². The van der Waals surface area contributed by atoms with Crippen molar-refractivity contribution in [1.29, 1.82) is 0 Å². The number of carbonyl (C=O) groups is 1. The number of anilines is 1. The summed E-state index contributed by atoms with van der Waals surface area (Å²) in [6, 6.07) is 12.8. The van der Waals surface area contributed by atoms with Gasteiger partial charge in [-0.05, 0) is 67.5 Å². The van der Waals surface area contributed by atoms with Gasteiger partial charge >= 0.3 is 0 Å². The molecule has 0 spiro atoms. The SMILES string of the molecule is COc1ccccc1CCCNS(=O)(=O)c1ccc2c(c1)CCN2C(=O)C1CC1. The lowest BCUT2D eigenvalue weighted by Crippen LogP contribution is -2.30. The molecular weight excluding hydrogens is 388 g/mol. The van der Waals surface area contributed by atoms with Crippen molar-refractivity contribution in [3.63, 3.8) is 0 Å². The van der Waals surface area contributed by atoms with E-state index in [0.29, 0.717) is 25.9 Å². The third-order valence-corrected chi connectivity index (χ3v) is 7.02. The van der Waals surface area contributed by atoms with E-state index in [1.54, 1.807) is 25.3 Å². The Hall–Kier alpha value is -2.38. The van der Waals surface area contributed by atoms with E-state index in [9.17, 15) is 13.2 Å². The summed E-state index contributed by atoms with van der Waals surface area (Å²) in [4.78, 5) is 14.4. The maximum absolute atomic E-state index is 12.7. The van der Waals surface area contributed by atoms with Crippen LogP contribution in [0.1, 0.15) is 30.4 Å². The van der Waals surface area contributed by atoms with E-state index in [-0.39, 0.29) is 16.7 Å². The molecule has 1 N–H and O–H groups in total. The molecule has 6 nitrogen and oxygen atoms in total. The Morgan fingerprint density at radius 1 is 1.21 bits per heavy atom. The number of methoxy groups -OCH3 is 1. The molecule has 2 aromatic rings. The number of sulfonamides is 1. The van der Waals surface area contributed by atoms with Crippen LogP contribution < -0.4 is 14.4 Å². The van der Waals surface area contributed by atoms with E-state index in [1.807, 2.05) is 29.2 Å². The predicted molar refractivity (Wildman–Crippen MR) is 112 cm³/mol. The van der Waals surface area contributed by atoms with Crippen molar-refractivity contribution in [3.8, 4) is 5.75 Å². The Bertz CT molecular complexity index is 1020. The number of rotatable bonds is 8. The molecule has 2 aromatic carbocycles. The molecule has 0 unspecified atom stereocenters. The molecule has 1 fully saturated rings. The molecule has 0 saturated heterocycles. The van der Waals surface area contributed by atoms with Gasteiger partial charge < -0.3 is 9.64 Å². The molecule has 1 aliphatic carbocycles. The van der Waals surface area contributed by atoms with Crippen molar-refractivity contribution in [2.75, 3.05) is 25.1 Å². The summed E-state index contributed by atoms with van der Waals surface area (Å²) < 4.78 is 33.4. The molecule has 0 aromatic heterocycles. The zero-order valence-corrected chi connectivity index (χ0v) is 17.4. The van der Waals surface area contributed by atoms with Crippen LogP contribution in [0.3, 0.4) is 0 Å². The number of ether oxygens (including phenoxy) is 1. The summed E-state index contributed by atoms with van der Waals surface area (Å²) in [5.41, 5.74) is 2.85. The first-order valence-corrected chi connectivity index (χ1v) is 11.5. The lowest BCUT2D eigenvalue weighted by Gasteiger charge is -2.17. The molecule has 2 aliphatic rings. The normalized spacial score (nSPS) is 16.0. The Morgan fingerprint density at radius 3 is 2.76 bits per heavy atom. The van der Waals surface area contributed by atoms with Crippen LogP contribution in [0.5, 0.6) is 5.75 Å². The molecular formula is C22H26N2O4S. The molecule has 4 rings (SSSR count). The highest BCUT2D eigenvalue weighted by molar-refractivity contribution is 7.89. The smallest absolute Gasteiger partial charge is 0.240 e. The number of fused-ring (bicyclic) bond motifs is 1. The highest BCUT2D eigenvalue weighted by atomic mass is 32.2. The molecule has 0 atom stereocenters. The van der Waals surface area contributed by atoms with Crippen LogP contribution in [-0.4, -0.2) is 34.5 Å². The number of carbonyl (C=O) groups excluding carboxylic acids is 1. The molecule has 1 saturated carbocycles. The number of aryl methyl sites for hydroxylation is 1. The summed E-state index contributed by atoms with van der Waals surface area (Å²) in [6.07, 6.45) is 4.04. The first kappa shape index (κ1) is 19.9.